The summed E-state index contributed by atoms with van der Waals surface area (Å²) in [6, 6.07) is 13.7. The number of carbonyl (C=O) groups excluding carboxylic acids is 2. The summed E-state index contributed by atoms with van der Waals surface area (Å²) < 4.78 is 21.3. The minimum Gasteiger partial charge on any atom is -0.490 e. The molecule has 0 aliphatic heterocycles. The minimum atomic E-state index is -0.706. The average Bonchev–Trinajstić information content (AvgIpc) is 2.78. The van der Waals surface area contributed by atoms with Crippen molar-refractivity contribution in [1.29, 1.82) is 5.26 Å². The van der Waals surface area contributed by atoms with Gasteiger partial charge in [0.25, 0.3) is 0 Å². The van der Waals surface area contributed by atoms with Crippen LogP contribution in [0.3, 0.4) is 0 Å². The van der Waals surface area contributed by atoms with Crippen molar-refractivity contribution >= 4 is 24.1 Å². The Labute approximate surface area is 187 Å². The van der Waals surface area contributed by atoms with Crippen LogP contribution in [-0.2, 0) is 14.3 Å². The fourth-order valence-electron chi connectivity index (χ4n) is 2.67. The first-order chi connectivity index (χ1) is 15.5. The molecule has 166 valence electrons. The maximum atomic E-state index is 12.2. The monoisotopic (exact) mass is 435 g/mol. The lowest BCUT2D eigenvalue weighted by Gasteiger charge is -2.11. The lowest BCUT2D eigenvalue weighted by atomic mass is 10.1. The van der Waals surface area contributed by atoms with Crippen LogP contribution in [0.5, 0.6) is 17.2 Å². The van der Waals surface area contributed by atoms with E-state index in [1.54, 1.807) is 49.4 Å². The largest absolute Gasteiger partial charge is 0.490 e. The highest BCUT2D eigenvalue weighted by atomic mass is 16.5. The highest BCUT2D eigenvalue weighted by molar-refractivity contribution is 5.98. The maximum Gasteiger partial charge on any atom is 0.348 e. The fraction of sp³-hybridized carbons (Fsp3) is 0.240. The van der Waals surface area contributed by atoms with E-state index in [1.807, 2.05) is 26.0 Å². The van der Waals surface area contributed by atoms with Gasteiger partial charge in [-0.25, -0.2) is 9.59 Å². The summed E-state index contributed by atoms with van der Waals surface area (Å²) in [4.78, 5) is 24.0. The number of ether oxygens (including phenoxy) is 4. The molecule has 0 aromatic heterocycles. The van der Waals surface area contributed by atoms with Crippen molar-refractivity contribution in [3.63, 3.8) is 0 Å². The van der Waals surface area contributed by atoms with Crippen LogP contribution in [0, 0.1) is 11.3 Å². The number of esters is 2. The molecule has 0 saturated heterocycles. The van der Waals surface area contributed by atoms with Gasteiger partial charge in [0.2, 0.25) is 0 Å². The number of hydrogen-bond acceptors (Lipinski definition) is 7. The molecule has 0 aliphatic rings. The van der Waals surface area contributed by atoms with E-state index in [0.717, 1.165) is 5.56 Å². The SMILES string of the molecule is CCOC(=O)/C(C#N)=C/c1cccc(OC(=O)/C=C/c2ccc(OCC)c(OCC)c2)c1. The molecule has 0 spiro atoms. The summed E-state index contributed by atoms with van der Waals surface area (Å²) in [6.45, 7) is 6.61. The number of rotatable bonds is 10. The standard InChI is InChI=1S/C25H25NO6/c1-4-29-22-12-10-18(16-23(22)30-5-2)11-13-24(27)32-21-9-7-8-19(15-21)14-20(17-26)25(28)31-6-3/h7-16H,4-6H2,1-3H3/b13-11+,20-14+. The van der Waals surface area contributed by atoms with Crippen LogP contribution in [0.15, 0.2) is 54.1 Å². The quantitative estimate of drug-likeness (QED) is 0.233. The molecule has 2 rings (SSSR count). The summed E-state index contributed by atoms with van der Waals surface area (Å²) in [5.41, 5.74) is 1.13. The number of nitriles is 1. The predicted molar refractivity (Wildman–Crippen MR) is 120 cm³/mol. The van der Waals surface area contributed by atoms with Crippen molar-refractivity contribution in [2.24, 2.45) is 0 Å². The van der Waals surface area contributed by atoms with Crippen LogP contribution in [-0.4, -0.2) is 31.8 Å². The van der Waals surface area contributed by atoms with Crippen LogP contribution in [0.2, 0.25) is 0 Å². The number of carbonyl (C=O) groups is 2. The summed E-state index contributed by atoms with van der Waals surface area (Å²) >= 11 is 0. The Hall–Kier alpha value is -4.05. The number of benzene rings is 2. The Morgan fingerprint density at radius 1 is 0.938 bits per heavy atom. The van der Waals surface area contributed by atoms with Crippen molar-refractivity contribution in [3.05, 3.63) is 65.2 Å². The second-order valence-electron chi connectivity index (χ2n) is 6.29. The fourth-order valence-corrected chi connectivity index (χ4v) is 2.67. The Morgan fingerprint density at radius 2 is 1.69 bits per heavy atom. The van der Waals surface area contributed by atoms with E-state index in [1.165, 1.54) is 12.2 Å². The molecular formula is C25H25NO6. The third-order valence-electron chi connectivity index (χ3n) is 3.98. The van der Waals surface area contributed by atoms with E-state index in [4.69, 9.17) is 24.2 Å². The zero-order valence-electron chi connectivity index (χ0n) is 18.3. The lowest BCUT2D eigenvalue weighted by Crippen LogP contribution is -2.06. The van der Waals surface area contributed by atoms with E-state index < -0.39 is 11.9 Å². The molecule has 2 aromatic rings. The van der Waals surface area contributed by atoms with Gasteiger partial charge in [-0.15, -0.1) is 0 Å². The molecule has 0 heterocycles. The minimum absolute atomic E-state index is 0.143. The molecular weight excluding hydrogens is 410 g/mol. The molecule has 0 unspecified atom stereocenters. The van der Waals surface area contributed by atoms with Gasteiger partial charge >= 0.3 is 11.9 Å². The van der Waals surface area contributed by atoms with Crippen molar-refractivity contribution in [3.8, 4) is 23.3 Å². The van der Waals surface area contributed by atoms with Crippen LogP contribution < -0.4 is 14.2 Å². The van der Waals surface area contributed by atoms with Crippen molar-refractivity contribution in [1.82, 2.24) is 0 Å². The van der Waals surface area contributed by atoms with E-state index >= 15 is 0 Å². The molecule has 7 nitrogen and oxygen atoms in total. The number of hydrogen-bond donors (Lipinski definition) is 0. The average molecular weight is 435 g/mol. The first-order valence-electron chi connectivity index (χ1n) is 10.2. The molecule has 0 fully saturated rings. The summed E-state index contributed by atoms with van der Waals surface area (Å²) in [7, 11) is 0. The van der Waals surface area contributed by atoms with E-state index in [-0.39, 0.29) is 17.9 Å². The highest BCUT2D eigenvalue weighted by Gasteiger charge is 2.10. The highest BCUT2D eigenvalue weighted by Crippen LogP contribution is 2.29. The molecule has 0 atom stereocenters. The molecule has 0 aliphatic carbocycles. The summed E-state index contributed by atoms with van der Waals surface area (Å²) in [6.07, 6.45) is 4.28. The third-order valence-corrected chi connectivity index (χ3v) is 3.98. The molecule has 0 N–H and O–H groups in total. The summed E-state index contributed by atoms with van der Waals surface area (Å²) in [5, 5.41) is 9.15. The second-order valence-corrected chi connectivity index (χ2v) is 6.29. The van der Waals surface area contributed by atoms with Gasteiger partial charge in [0.05, 0.1) is 19.8 Å². The van der Waals surface area contributed by atoms with Crippen LogP contribution in [0.4, 0.5) is 0 Å². The molecule has 7 heteroatoms. The van der Waals surface area contributed by atoms with E-state index in [2.05, 4.69) is 0 Å². The normalized spacial score (nSPS) is 11.0. The molecule has 0 bridgehead atoms. The van der Waals surface area contributed by atoms with Gasteiger partial charge < -0.3 is 18.9 Å². The van der Waals surface area contributed by atoms with Crippen LogP contribution in [0.25, 0.3) is 12.2 Å². The number of nitrogens with zero attached hydrogens (tertiary/aromatic N) is 1. The molecule has 0 saturated carbocycles. The van der Waals surface area contributed by atoms with Crippen molar-refractivity contribution < 1.29 is 28.5 Å². The zero-order valence-corrected chi connectivity index (χ0v) is 18.3. The van der Waals surface area contributed by atoms with Gasteiger partial charge in [-0.05, 0) is 68.3 Å². The predicted octanol–water partition coefficient (Wildman–Crippen LogP) is 4.57. The molecule has 0 radical (unpaired) electrons. The Balaban J connectivity index is 2.11. The van der Waals surface area contributed by atoms with Gasteiger partial charge in [0.1, 0.15) is 17.4 Å². The lowest BCUT2D eigenvalue weighted by molar-refractivity contribution is -0.138. The van der Waals surface area contributed by atoms with Gasteiger partial charge in [-0.2, -0.15) is 5.26 Å². The van der Waals surface area contributed by atoms with Gasteiger partial charge in [-0.1, -0.05) is 18.2 Å². The molecule has 0 amide bonds. The topological polar surface area (TPSA) is 94.9 Å². The molecule has 2 aromatic carbocycles. The zero-order chi connectivity index (χ0) is 23.3. The van der Waals surface area contributed by atoms with Crippen molar-refractivity contribution in [2.45, 2.75) is 20.8 Å². The smallest absolute Gasteiger partial charge is 0.348 e. The maximum absolute atomic E-state index is 12.2. The first-order valence-corrected chi connectivity index (χ1v) is 10.2. The Morgan fingerprint density at radius 3 is 2.38 bits per heavy atom. The molecule has 32 heavy (non-hydrogen) atoms. The van der Waals surface area contributed by atoms with Crippen molar-refractivity contribution in [2.75, 3.05) is 19.8 Å². The third kappa shape index (κ3) is 7.33. The Bertz CT molecular complexity index is 1050. The summed E-state index contributed by atoms with van der Waals surface area (Å²) in [5.74, 6) is 0.222. The Kier molecular flexibility index (Phi) is 9.54. The van der Waals surface area contributed by atoms with Gasteiger partial charge in [0, 0.05) is 6.08 Å². The van der Waals surface area contributed by atoms with Gasteiger partial charge in [-0.3, -0.25) is 0 Å². The van der Waals surface area contributed by atoms with E-state index in [0.29, 0.717) is 30.3 Å². The van der Waals surface area contributed by atoms with Crippen LogP contribution in [0.1, 0.15) is 31.9 Å². The van der Waals surface area contributed by atoms with Crippen LogP contribution >= 0.6 is 0 Å². The van der Waals surface area contributed by atoms with E-state index in [9.17, 15) is 9.59 Å². The second kappa shape index (κ2) is 12.6. The first kappa shape index (κ1) is 24.2. The van der Waals surface area contributed by atoms with Gasteiger partial charge in [0.15, 0.2) is 11.5 Å².